The number of anilines is 2. The summed E-state index contributed by atoms with van der Waals surface area (Å²) < 4.78 is 0. The van der Waals surface area contributed by atoms with Gasteiger partial charge in [-0.05, 0) is 26.0 Å². The summed E-state index contributed by atoms with van der Waals surface area (Å²) in [5, 5.41) is 22.3. The van der Waals surface area contributed by atoms with Crippen LogP contribution >= 0.6 is 11.3 Å². The van der Waals surface area contributed by atoms with Crippen LogP contribution in [0.2, 0.25) is 0 Å². The number of phenols is 1. The van der Waals surface area contributed by atoms with E-state index in [0.717, 1.165) is 10.6 Å². The molecule has 0 amide bonds. The summed E-state index contributed by atoms with van der Waals surface area (Å²) in [5.41, 5.74) is 1.12. The number of hydrogen-bond acceptors (Lipinski definition) is 5. The highest BCUT2D eigenvalue weighted by molar-refractivity contribution is 7.15. The molecular weight excluding hydrogens is 252 g/mol. The van der Waals surface area contributed by atoms with Crippen LogP contribution in [-0.4, -0.2) is 21.2 Å². The second-order valence-corrected chi connectivity index (χ2v) is 5.00. The molecule has 2 rings (SSSR count). The monoisotopic (exact) mass is 264 g/mol. The summed E-state index contributed by atoms with van der Waals surface area (Å²) in [6, 6.07) is 4.52. The Bertz CT molecular complexity index is 588. The van der Waals surface area contributed by atoms with Gasteiger partial charge in [0.2, 0.25) is 0 Å². The molecule has 0 aliphatic rings. The van der Waals surface area contributed by atoms with Crippen molar-refractivity contribution in [2.24, 2.45) is 0 Å². The van der Waals surface area contributed by atoms with E-state index in [1.807, 2.05) is 13.8 Å². The van der Waals surface area contributed by atoms with E-state index in [9.17, 15) is 9.90 Å². The smallest absolute Gasteiger partial charge is 0.339 e. The summed E-state index contributed by atoms with van der Waals surface area (Å²) in [5.74, 6) is -1.45. The fourth-order valence-corrected chi connectivity index (χ4v) is 2.29. The standard InChI is InChI=1S/C12H12N2O3S/c1-6-7(2)18-12(13-6)14-9-5-3-4-8(10(9)15)11(16)17/h3-5,15H,1-2H3,(H,13,14)(H,16,17). The molecular formula is C12H12N2O3S. The van der Waals surface area contributed by atoms with Gasteiger partial charge in [-0.1, -0.05) is 6.07 Å². The minimum Gasteiger partial charge on any atom is -0.505 e. The van der Waals surface area contributed by atoms with Crippen molar-refractivity contribution in [1.82, 2.24) is 4.98 Å². The molecule has 0 bridgehead atoms. The first kappa shape index (κ1) is 12.4. The molecule has 0 aliphatic heterocycles. The normalized spacial score (nSPS) is 10.3. The number of aromatic hydroxyl groups is 1. The predicted octanol–water partition coefficient (Wildman–Crippen LogP) is 2.91. The van der Waals surface area contributed by atoms with Crippen LogP contribution in [-0.2, 0) is 0 Å². The average Bonchev–Trinajstić information content (AvgIpc) is 2.60. The zero-order valence-corrected chi connectivity index (χ0v) is 10.7. The van der Waals surface area contributed by atoms with E-state index in [1.165, 1.54) is 17.4 Å². The molecule has 2 aromatic rings. The van der Waals surface area contributed by atoms with E-state index < -0.39 is 5.97 Å². The van der Waals surface area contributed by atoms with Gasteiger partial charge in [0.15, 0.2) is 10.9 Å². The summed E-state index contributed by atoms with van der Waals surface area (Å²) in [7, 11) is 0. The minimum atomic E-state index is -1.16. The van der Waals surface area contributed by atoms with Gasteiger partial charge in [0.25, 0.3) is 0 Å². The summed E-state index contributed by atoms with van der Waals surface area (Å²) in [4.78, 5) is 16.2. The molecule has 0 aliphatic carbocycles. The number of thiazole rings is 1. The number of para-hydroxylation sites is 1. The van der Waals surface area contributed by atoms with Crippen molar-refractivity contribution in [3.63, 3.8) is 0 Å². The second-order valence-electron chi connectivity index (χ2n) is 3.79. The van der Waals surface area contributed by atoms with Gasteiger partial charge in [0.05, 0.1) is 11.4 Å². The van der Waals surface area contributed by atoms with Crippen LogP contribution in [0.15, 0.2) is 18.2 Å². The molecule has 1 aromatic carbocycles. The van der Waals surface area contributed by atoms with Crippen LogP contribution in [0.4, 0.5) is 10.8 Å². The number of nitrogens with one attached hydrogen (secondary N) is 1. The maximum Gasteiger partial charge on any atom is 0.339 e. The lowest BCUT2D eigenvalue weighted by atomic mass is 10.2. The Morgan fingerprint density at radius 1 is 1.39 bits per heavy atom. The van der Waals surface area contributed by atoms with Crippen LogP contribution in [0, 0.1) is 13.8 Å². The van der Waals surface area contributed by atoms with Crippen molar-refractivity contribution in [3.8, 4) is 5.75 Å². The third kappa shape index (κ3) is 2.28. The average molecular weight is 264 g/mol. The lowest BCUT2D eigenvalue weighted by Gasteiger charge is -2.07. The fourth-order valence-electron chi connectivity index (χ4n) is 1.46. The zero-order chi connectivity index (χ0) is 13.3. The Morgan fingerprint density at radius 3 is 2.67 bits per heavy atom. The first-order valence-corrected chi connectivity index (χ1v) is 6.07. The third-order valence-electron chi connectivity index (χ3n) is 2.54. The largest absolute Gasteiger partial charge is 0.505 e. The quantitative estimate of drug-likeness (QED) is 0.742. The number of carboxylic acid groups (broad SMARTS) is 1. The molecule has 1 aromatic heterocycles. The highest BCUT2D eigenvalue weighted by Gasteiger charge is 2.14. The summed E-state index contributed by atoms with van der Waals surface area (Å²) in [6.07, 6.45) is 0. The van der Waals surface area contributed by atoms with Gasteiger partial charge in [-0.3, -0.25) is 0 Å². The molecule has 0 fully saturated rings. The predicted molar refractivity (Wildman–Crippen MR) is 69.9 cm³/mol. The maximum atomic E-state index is 10.9. The molecule has 0 atom stereocenters. The van der Waals surface area contributed by atoms with E-state index in [0.29, 0.717) is 10.8 Å². The van der Waals surface area contributed by atoms with Gasteiger partial charge in [0.1, 0.15) is 5.56 Å². The van der Waals surface area contributed by atoms with E-state index in [4.69, 9.17) is 5.11 Å². The molecule has 6 heteroatoms. The number of carboxylic acids is 1. The highest BCUT2D eigenvalue weighted by Crippen LogP contribution is 2.32. The number of aryl methyl sites for hydroxylation is 2. The fraction of sp³-hybridized carbons (Fsp3) is 0.167. The van der Waals surface area contributed by atoms with E-state index in [-0.39, 0.29) is 11.3 Å². The SMILES string of the molecule is Cc1nc(Nc2cccc(C(=O)O)c2O)sc1C. The topological polar surface area (TPSA) is 82.5 Å². The number of rotatable bonds is 3. The van der Waals surface area contributed by atoms with Crippen LogP contribution in [0.25, 0.3) is 0 Å². The van der Waals surface area contributed by atoms with Gasteiger partial charge in [0, 0.05) is 4.88 Å². The van der Waals surface area contributed by atoms with E-state index in [1.54, 1.807) is 12.1 Å². The number of nitrogens with zero attached hydrogens (tertiary/aromatic N) is 1. The zero-order valence-electron chi connectivity index (χ0n) is 9.89. The lowest BCUT2D eigenvalue weighted by Crippen LogP contribution is -1.99. The number of aromatic nitrogens is 1. The van der Waals surface area contributed by atoms with Gasteiger partial charge in [-0.15, -0.1) is 11.3 Å². The van der Waals surface area contributed by atoms with Crippen molar-refractivity contribution in [3.05, 3.63) is 34.3 Å². The Kier molecular flexibility index (Phi) is 3.20. The Balaban J connectivity index is 2.35. The minimum absolute atomic E-state index is 0.134. The van der Waals surface area contributed by atoms with Crippen LogP contribution < -0.4 is 5.32 Å². The number of benzene rings is 1. The Hall–Kier alpha value is -2.08. The van der Waals surface area contributed by atoms with E-state index in [2.05, 4.69) is 10.3 Å². The number of hydrogen-bond donors (Lipinski definition) is 3. The van der Waals surface area contributed by atoms with Gasteiger partial charge in [-0.25, -0.2) is 9.78 Å². The van der Waals surface area contributed by atoms with Crippen molar-refractivity contribution in [2.45, 2.75) is 13.8 Å². The van der Waals surface area contributed by atoms with Crippen LogP contribution in [0.3, 0.4) is 0 Å². The van der Waals surface area contributed by atoms with Crippen molar-refractivity contribution < 1.29 is 15.0 Å². The maximum absolute atomic E-state index is 10.9. The Labute approximate surface area is 108 Å². The molecule has 18 heavy (non-hydrogen) atoms. The molecule has 0 spiro atoms. The molecule has 3 N–H and O–H groups in total. The van der Waals surface area contributed by atoms with Gasteiger partial charge >= 0.3 is 5.97 Å². The van der Waals surface area contributed by atoms with Crippen molar-refractivity contribution in [2.75, 3.05) is 5.32 Å². The lowest BCUT2D eigenvalue weighted by molar-refractivity contribution is 0.0694. The van der Waals surface area contributed by atoms with Crippen LogP contribution in [0.1, 0.15) is 20.9 Å². The molecule has 0 radical (unpaired) electrons. The summed E-state index contributed by atoms with van der Waals surface area (Å²) >= 11 is 1.45. The van der Waals surface area contributed by atoms with Crippen molar-refractivity contribution >= 4 is 28.1 Å². The molecule has 0 saturated carbocycles. The van der Waals surface area contributed by atoms with Gasteiger partial charge in [-0.2, -0.15) is 0 Å². The highest BCUT2D eigenvalue weighted by atomic mass is 32.1. The Morgan fingerprint density at radius 2 is 2.11 bits per heavy atom. The third-order valence-corrected chi connectivity index (χ3v) is 3.52. The number of carbonyl (C=O) groups is 1. The summed E-state index contributed by atoms with van der Waals surface area (Å²) in [6.45, 7) is 3.84. The molecule has 94 valence electrons. The molecule has 0 unspecified atom stereocenters. The van der Waals surface area contributed by atoms with Crippen molar-refractivity contribution in [1.29, 1.82) is 0 Å². The molecule has 0 saturated heterocycles. The molecule has 5 nitrogen and oxygen atoms in total. The first-order chi connectivity index (χ1) is 8.49. The molecule has 1 heterocycles. The second kappa shape index (κ2) is 4.66. The van der Waals surface area contributed by atoms with E-state index >= 15 is 0 Å². The van der Waals surface area contributed by atoms with Gasteiger partial charge < -0.3 is 15.5 Å². The van der Waals surface area contributed by atoms with Crippen LogP contribution in [0.5, 0.6) is 5.75 Å². The first-order valence-electron chi connectivity index (χ1n) is 5.25. The number of aromatic carboxylic acids is 1.